The molecule has 0 unspecified atom stereocenters. The number of aliphatic hydroxyl groups is 2. The van der Waals surface area contributed by atoms with E-state index in [1.807, 2.05) is 0 Å². The molecule has 3 nitrogen and oxygen atoms in total. The molecule has 3 heteroatoms. The van der Waals surface area contributed by atoms with Crippen molar-refractivity contribution in [2.45, 2.75) is 83.7 Å². The number of hydrogen-bond donors (Lipinski definition) is 2. The van der Waals surface area contributed by atoms with Crippen molar-refractivity contribution < 1.29 is 14.9 Å². The topological polar surface area (TPSA) is 49.7 Å². The van der Waals surface area contributed by atoms with Crippen molar-refractivity contribution in [3.63, 3.8) is 0 Å². The van der Waals surface area contributed by atoms with Crippen molar-refractivity contribution in [3.05, 3.63) is 11.1 Å². The van der Waals surface area contributed by atoms with Crippen LogP contribution in [0.4, 0.5) is 0 Å². The van der Waals surface area contributed by atoms with Gasteiger partial charge < -0.3 is 14.9 Å². The van der Waals surface area contributed by atoms with E-state index in [1.54, 1.807) is 11.1 Å². The van der Waals surface area contributed by atoms with Crippen LogP contribution in [0.3, 0.4) is 0 Å². The fourth-order valence-electron chi connectivity index (χ4n) is 4.31. The van der Waals surface area contributed by atoms with Crippen LogP contribution in [0.15, 0.2) is 11.1 Å². The van der Waals surface area contributed by atoms with E-state index in [9.17, 15) is 0 Å². The Morgan fingerprint density at radius 2 is 1.35 bits per heavy atom. The maximum atomic E-state index is 9.00. The van der Waals surface area contributed by atoms with Crippen molar-refractivity contribution in [2.75, 3.05) is 19.8 Å². The lowest BCUT2D eigenvalue weighted by Crippen LogP contribution is -2.23. The molecule has 2 aliphatic rings. The fourth-order valence-corrected chi connectivity index (χ4v) is 4.31. The van der Waals surface area contributed by atoms with Crippen LogP contribution in [-0.2, 0) is 4.74 Å². The summed E-state index contributed by atoms with van der Waals surface area (Å²) in [6, 6.07) is 0. The van der Waals surface area contributed by atoms with E-state index in [2.05, 4.69) is 6.92 Å². The highest BCUT2D eigenvalue weighted by Crippen LogP contribution is 2.38. The molecule has 0 saturated heterocycles. The molecule has 0 aromatic carbocycles. The van der Waals surface area contributed by atoms with E-state index in [-0.39, 0.29) is 13.2 Å². The lowest BCUT2D eigenvalue weighted by atomic mass is 9.76. The van der Waals surface area contributed by atoms with Crippen LogP contribution >= 0.6 is 0 Å². The van der Waals surface area contributed by atoms with Crippen LogP contribution in [0.2, 0.25) is 0 Å². The summed E-state index contributed by atoms with van der Waals surface area (Å²) in [6.45, 7) is 2.80. The van der Waals surface area contributed by atoms with Crippen LogP contribution in [0.5, 0.6) is 0 Å². The molecule has 0 bridgehead atoms. The maximum Gasteiger partial charge on any atom is 0.104 e. The Morgan fingerprint density at radius 3 is 1.78 bits per heavy atom. The molecule has 0 aliphatic heterocycles. The minimum atomic E-state index is -0.394. The first kappa shape index (κ1) is 19.0. The normalized spacial score (nSPS) is 26.1. The van der Waals surface area contributed by atoms with E-state index >= 15 is 0 Å². The third-order valence-electron chi connectivity index (χ3n) is 5.90. The Bertz CT molecular complexity index is 340. The molecule has 2 N–H and O–H groups in total. The first-order valence-electron chi connectivity index (χ1n) is 9.79. The van der Waals surface area contributed by atoms with Crippen LogP contribution in [0.1, 0.15) is 77.6 Å². The Morgan fingerprint density at radius 1 is 0.870 bits per heavy atom. The predicted molar refractivity (Wildman–Crippen MR) is 94.4 cm³/mol. The van der Waals surface area contributed by atoms with Crippen molar-refractivity contribution >= 4 is 0 Å². The van der Waals surface area contributed by atoms with Gasteiger partial charge in [-0.1, -0.05) is 30.9 Å². The molecular weight excluding hydrogens is 288 g/mol. The van der Waals surface area contributed by atoms with E-state index in [4.69, 9.17) is 14.9 Å². The zero-order valence-electron chi connectivity index (χ0n) is 14.9. The SMILES string of the molecule is CCCC1CCC(=C2CCC(CCOC(CO)CO)CC2)CC1. The highest BCUT2D eigenvalue weighted by molar-refractivity contribution is 5.18. The Balaban J connectivity index is 1.67. The lowest BCUT2D eigenvalue weighted by Gasteiger charge is -2.30. The first-order valence-corrected chi connectivity index (χ1v) is 9.79. The van der Waals surface area contributed by atoms with Gasteiger partial charge in [0.25, 0.3) is 0 Å². The summed E-state index contributed by atoms with van der Waals surface area (Å²) in [5.41, 5.74) is 3.58. The quantitative estimate of drug-likeness (QED) is 0.657. The summed E-state index contributed by atoms with van der Waals surface area (Å²) in [7, 11) is 0. The third-order valence-corrected chi connectivity index (χ3v) is 5.90. The molecule has 0 amide bonds. The van der Waals surface area contributed by atoms with Gasteiger partial charge in [0, 0.05) is 6.61 Å². The second kappa shape index (κ2) is 10.5. The van der Waals surface area contributed by atoms with Crippen LogP contribution in [0, 0.1) is 11.8 Å². The van der Waals surface area contributed by atoms with Gasteiger partial charge in [0.05, 0.1) is 13.2 Å². The Hall–Kier alpha value is -0.380. The average Bonchev–Trinajstić information content (AvgIpc) is 2.60. The van der Waals surface area contributed by atoms with Gasteiger partial charge in [0.1, 0.15) is 6.10 Å². The summed E-state index contributed by atoms with van der Waals surface area (Å²) < 4.78 is 5.51. The molecule has 2 rings (SSSR count). The molecule has 0 spiro atoms. The maximum absolute atomic E-state index is 9.00. The van der Waals surface area contributed by atoms with Gasteiger partial charge in [-0.2, -0.15) is 0 Å². The molecule has 0 radical (unpaired) electrons. The van der Waals surface area contributed by atoms with E-state index in [1.165, 1.54) is 64.2 Å². The monoisotopic (exact) mass is 324 g/mol. The molecule has 2 aliphatic carbocycles. The van der Waals surface area contributed by atoms with Crippen molar-refractivity contribution in [3.8, 4) is 0 Å². The van der Waals surface area contributed by atoms with Gasteiger partial charge in [0.2, 0.25) is 0 Å². The van der Waals surface area contributed by atoms with Crippen LogP contribution in [0.25, 0.3) is 0 Å². The van der Waals surface area contributed by atoms with Crippen molar-refractivity contribution in [1.29, 1.82) is 0 Å². The summed E-state index contributed by atoms with van der Waals surface area (Å²) in [5.74, 6) is 1.75. The molecule has 2 saturated carbocycles. The Kier molecular flexibility index (Phi) is 8.63. The van der Waals surface area contributed by atoms with E-state index < -0.39 is 6.10 Å². The summed E-state index contributed by atoms with van der Waals surface area (Å²) in [5, 5.41) is 18.0. The van der Waals surface area contributed by atoms with Gasteiger partial charge in [-0.25, -0.2) is 0 Å². The minimum absolute atomic E-state index is 0.0869. The zero-order valence-corrected chi connectivity index (χ0v) is 14.9. The first-order chi connectivity index (χ1) is 11.3. The molecule has 23 heavy (non-hydrogen) atoms. The molecule has 134 valence electrons. The predicted octanol–water partition coefficient (Wildman–Crippen LogP) is 4.22. The number of aliphatic hydroxyl groups excluding tert-OH is 2. The molecular formula is C20H36O3. The van der Waals surface area contributed by atoms with E-state index in [0.717, 1.165) is 18.3 Å². The van der Waals surface area contributed by atoms with Gasteiger partial charge >= 0.3 is 0 Å². The third kappa shape index (κ3) is 6.21. The summed E-state index contributed by atoms with van der Waals surface area (Å²) in [4.78, 5) is 0. The van der Waals surface area contributed by atoms with Gasteiger partial charge in [-0.05, 0) is 69.6 Å². The molecule has 0 aromatic heterocycles. The second-order valence-corrected chi connectivity index (χ2v) is 7.53. The number of rotatable bonds is 8. The van der Waals surface area contributed by atoms with E-state index in [0.29, 0.717) is 6.61 Å². The highest BCUT2D eigenvalue weighted by atomic mass is 16.5. The fraction of sp³-hybridized carbons (Fsp3) is 0.900. The van der Waals surface area contributed by atoms with Crippen LogP contribution in [-0.4, -0.2) is 36.1 Å². The summed E-state index contributed by atoms with van der Waals surface area (Å²) >= 11 is 0. The smallest absolute Gasteiger partial charge is 0.104 e. The lowest BCUT2D eigenvalue weighted by molar-refractivity contribution is -0.0248. The van der Waals surface area contributed by atoms with Crippen molar-refractivity contribution in [2.24, 2.45) is 11.8 Å². The largest absolute Gasteiger partial charge is 0.394 e. The number of hydrogen-bond acceptors (Lipinski definition) is 3. The molecule has 0 heterocycles. The van der Waals surface area contributed by atoms with Gasteiger partial charge in [-0.3, -0.25) is 0 Å². The number of ether oxygens (including phenoxy) is 1. The minimum Gasteiger partial charge on any atom is -0.394 e. The number of allylic oxidation sites excluding steroid dienone is 2. The second-order valence-electron chi connectivity index (χ2n) is 7.53. The van der Waals surface area contributed by atoms with Gasteiger partial charge in [-0.15, -0.1) is 0 Å². The van der Waals surface area contributed by atoms with Gasteiger partial charge in [0.15, 0.2) is 0 Å². The Labute approximate surface area is 142 Å². The standard InChI is InChI=1S/C20H36O3/c1-2-3-16-4-8-18(9-5-16)19-10-6-17(7-11-19)12-13-23-20(14-21)15-22/h16-17,20-22H,2-15H2,1H3. The molecule has 0 aromatic rings. The zero-order chi connectivity index (χ0) is 16.5. The average molecular weight is 325 g/mol. The summed E-state index contributed by atoms with van der Waals surface area (Å²) in [6.07, 6.45) is 14.2. The van der Waals surface area contributed by atoms with Crippen LogP contribution < -0.4 is 0 Å². The molecule has 2 fully saturated rings. The molecule has 0 atom stereocenters. The highest BCUT2D eigenvalue weighted by Gasteiger charge is 2.22. The van der Waals surface area contributed by atoms with Crippen molar-refractivity contribution in [1.82, 2.24) is 0 Å².